The average Bonchev–Trinajstić information content (AvgIpc) is 3.29. The zero-order valence-electron chi connectivity index (χ0n) is 13.5. The molecule has 0 saturated carbocycles. The van der Waals surface area contributed by atoms with Gasteiger partial charge in [0.15, 0.2) is 5.82 Å². The highest BCUT2D eigenvalue weighted by molar-refractivity contribution is 6.31. The number of amides is 2. The summed E-state index contributed by atoms with van der Waals surface area (Å²) in [4.78, 5) is 32.1. The van der Waals surface area contributed by atoms with Crippen molar-refractivity contribution >= 4 is 29.1 Å². The Hall–Kier alpha value is -2.45. The number of rotatable bonds is 4. The van der Waals surface area contributed by atoms with E-state index in [-0.39, 0.29) is 23.9 Å². The van der Waals surface area contributed by atoms with Crippen molar-refractivity contribution in [3.63, 3.8) is 0 Å². The lowest BCUT2D eigenvalue weighted by molar-refractivity contribution is -0.122. The van der Waals surface area contributed by atoms with Crippen LogP contribution in [0.25, 0.3) is 0 Å². The fourth-order valence-corrected chi connectivity index (χ4v) is 3.69. The fraction of sp³-hybridized carbons (Fsp3) is 0.375. The Labute approximate surface area is 148 Å². The number of carbonyl (C=O) groups is 2. The van der Waals surface area contributed by atoms with Crippen molar-refractivity contribution in [3.8, 4) is 0 Å². The summed E-state index contributed by atoms with van der Waals surface area (Å²) in [5, 5.41) is 6.86. The molecule has 0 unspecified atom stereocenters. The van der Waals surface area contributed by atoms with Gasteiger partial charge in [-0.3, -0.25) is 14.5 Å². The standard InChI is InChI=1S/C16H16ClN5O3/c1-18-14(23)15-19-13(20-25-15)8-21-7-11-6-12(21)16(24)22(11)10-4-2-3-9(17)5-10/h2-5,11-12H,6-8H2,1H3,(H,18,23)/t11-,12-/m0/s1. The van der Waals surface area contributed by atoms with Crippen LogP contribution >= 0.6 is 11.6 Å². The van der Waals surface area contributed by atoms with Crippen molar-refractivity contribution in [2.24, 2.45) is 0 Å². The molecule has 2 aromatic rings. The van der Waals surface area contributed by atoms with Crippen molar-refractivity contribution in [2.45, 2.75) is 25.0 Å². The molecule has 2 bridgehead atoms. The van der Waals surface area contributed by atoms with Gasteiger partial charge in [-0.05, 0) is 24.6 Å². The molecule has 8 nitrogen and oxygen atoms in total. The van der Waals surface area contributed by atoms with Crippen LogP contribution < -0.4 is 10.2 Å². The minimum absolute atomic E-state index is 0.0496. The van der Waals surface area contributed by atoms with Crippen molar-refractivity contribution in [2.75, 3.05) is 18.5 Å². The van der Waals surface area contributed by atoms with Crippen LogP contribution in [0.5, 0.6) is 0 Å². The molecule has 2 aliphatic heterocycles. The van der Waals surface area contributed by atoms with Gasteiger partial charge >= 0.3 is 11.8 Å². The van der Waals surface area contributed by atoms with Crippen LogP contribution in [0.4, 0.5) is 5.69 Å². The number of likely N-dealkylation sites (tertiary alicyclic amines) is 1. The predicted octanol–water partition coefficient (Wildman–Crippen LogP) is 1.07. The fourth-order valence-electron chi connectivity index (χ4n) is 3.50. The summed E-state index contributed by atoms with van der Waals surface area (Å²) in [6.07, 6.45) is 0.755. The maximum Gasteiger partial charge on any atom is 0.315 e. The molecule has 0 aliphatic carbocycles. The van der Waals surface area contributed by atoms with Crippen molar-refractivity contribution < 1.29 is 14.1 Å². The van der Waals surface area contributed by atoms with E-state index in [0.717, 1.165) is 12.1 Å². The van der Waals surface area contributed by atoms with Crippen LogP contribution in [-0.2, 0) is 11.3 Å². The lowest BCUT2D eigenvalue weighted by Gasteiger charge is -2.33. The second-order valence-corrected chi connectivity index (χ2v) is 6.55. The van der Waals surface area contributed by atoms with Gasteiger partial charge in [-0.25, -0.2) is 0 Å². The largest absolute Gasteiger partial charge is 0.351 e. The van der Waals surface area contributed by atoms with Gasteiger partial charge in [-0.15, -0.1) is 0 Å². The summed E-state index contributed by atoms with van der Waals surface area (Å²) >= 11 is 6.04. The minimum Gasteiger partial charge on any atom is -0.351 e. The van der Waals surface area contributed by atoms with Gasteiger partial charge in [0.05, 0.1) is 18.6 Å². The Morgan fingerprint density at radius 2 is 2.32 bits per heavy atom. The van der Waals surface area contributed by atoms with E-state index in [0.29, 0.717) is 23.9 Å². The number of aromatic nitrogens is 2. The van der Waals surface area contributed by atoms with Gasteiger partial charge in [0.1, 0.15) is 0 Å². The van der Waals surface area contributed by atoms with Gasteiger partial charge in [0.2, 0.25) is 5.91 Å². The highest BCUT2D eigenvalue weighted by Gasteiger charge is 2.50. The predicted molar refractivity (Wildman–Crippen MR) is 89.2 cm³/mol. The summed E-state index contributed by atoms with van der Waals surface area (Å²) in [7, 11) is 1.49. The number of nitrogens with zero attached hydrogens (tertiary/aromatic N) is 4. The molecule has 2 saturated heterocycles. The van der Waals surface area contributed by atoms with Crippen molar-refractivity contribution in [3.05, 3.63) is 41.0 Å². The average molecular weight is 362 g/mol. The minimum atomic E-state index is -0.426. The number of anilines is 1. The van der Waals surface area contributed by atoms with Crippen LogP contribution in [-0.4, -0.2) is 52.5 Å². The molecule has 4 rings (SSSR count). The monoisotopic (exact) mass is 361 g/mol. The molecule has 130 valence electrons. The first-order valence-electron chi connectivity index (χ1n) is 7.94. The van der Waals surface area contributed by atoms with E-state index in [9.17, 15) is 9.59 Å². The smallest absolute Gasteiger partial charge is 0.315 e. The quantitative estimate of drug-likeness (QED) is 0.876. The highest BCUT2D eigenvalue weighted by atomic mass is 35.5. The number of hydrogen-bond donors (Lipinski definition) is 1. The topological polar surface area (TPSA) is 91.6 Å². The summed E-state index contributed by atoms with van der Waals surface area (Å²) in [6, 6.07) is 7.21. The van der Waals surface area contributed by atoms with E-state index in [1.54, 1.807) is 12.1 Å². The molecule has 2 aliphatic rings. The number of carbonyl (C=O) groups excluding carboxylic acids is 2. The third-order valence-corrected chi connectivity index (χ3v) is 4.82. The van der Waals surface area contributed by atoms with E-state index in [2.05, 4.69) is 15.5 Å². The maximum absolute atomic E-state index is 12.8. The molecule has 9 heteroatoms. The second-order valence-electron chi connectivity index (χ2n) is 6.12. The lowest BCUT2D eigenvalue weighted by atomic mass is 10.2. The van der Waals surface area contributed by atoms with Gasteiger partial charge in [0, 0.05) is 24.3 Å². The summed E-state index contributed by atoms with van der Waals surface area (Å²) < 4.78 is 4.93. The number of nitrogens with one attached hydrogen (secondary N) is 1. The van der Waals surface area contributed by atoms with Crippen LogP contribution in [0.3, 0.4) is 0 Å². The summed E-state index contributed by atoms with van der Waals surface area (Å²) in [6.45, 7) is 1.09. The Kier molecular flexibility index (Phi) is 3.93. The molecule has 1 aromatic heterocycles. The number of hydrogen-bond acceptors (Lipinski definition) is 6. The van der Waals surface area contributed by atoms with Gasteiger partial charge < -0.3 is 14.7 Å². The Morgan fingerprint density at radius 1 is 1.48 bits per heavy atom. The molecule has 1 aromatic carbocycles. The Bertz CT molecular complexity index is 839. The molecule has 1 N–H and O–H groups in total. The first-order valence-corrected chi connectivity index (χ1v) is 8.32. The van der Waals surface area contributed by atoms with Gasteiger partial charge in [0.25, 0.3) is 0 Å². The normalized spacial score (nSPS) is 22.6. The summed E-state index contributed by atoms with van der Waals surface area (Å²) in [5.41, 5.74) is 0.825. The van der Waals surface area contributed by atoms with E-state index in [4.69, 9.17) is 16.1 Å². The molecule has 2 atom stereocenters. The molecule has 3 heterocycles. The molecular weight excluding hydrogens is 346 g/mol. The van der Waals surface area contributed by atoms with E-state index < -0.39 is 5.91 Å². The zero-order chi connectivity index (χ0) is 17.6. The molecular formula is C16H16ClN5O3. The highest BCUT2D eigenvalue weighted by Crippen LogP contribution is 2.36. The van der Waals surface area contributed by atoms with Crippen LogP contribution in [0.1, 0.15) is 22.9 Å². The van der Waals surface area contributed by atoms with E-state index in [1.165, 1.54) is 7.05 Å². The van der Waals surface area contributed by atoms with Crippen LogP contribution in [0.2, 0.25) is 5.02 Å². The summed E-state index contributed by atoms with van der Waals surface area (Å²) in [5.74, 6) is -0.0552. The zero-order valence-corrected chi connectivity index (χ0v) is 14.2. The van der Waals surface area contributed by atoms with E-state index in [1.807, 2.05) is 21.9 Å². The van der Waals surface area contributed by atoms with Crippen molar-refractivity contribution in [1.82, 2.24) is 20.4 Å². The number of fused-ring (bicyclic) bond motifs is 2. The Morgan fingerprint density at radius 3 is 3.04 bits per heavy atom. The molecule has 0 spiro atoms. The molecule has 2 amide bonds. The molecule has 25 heavy (non-hydrogen) atoms. The third-order valence-electron chi connectivity index (χ3n) is 4.59. The number of piperazine rings is 1. The SMILES string of the molecule is CNC(=O)c1nc(CN2C[C@@H]3C[C@H]2C(=O)N3c2cccc(Cl)c2)no1. The third kappa shape index (κ3) is 2.77. The van der Waals surface area contributed by atoms with Crippen LogP contribution in [0, 0.1) is 0 Å². The maximum atomic E-state index is 12.8. The van der Waals surface area contributed by atoms with Gasteiger partial charge in [-0.2, -0.15) is 4.98 Å². The Balaban J connectivity index is 1.47. The molecule has 2 fully saturated rings. The lowest BCUT2D eigenvalue weighted by Crippen LogP contribution is -2.50. The van der Waals surface area contributed by atoms with E-state index >= 15 is 0 Å². The first-order chi connectivity index (χ1) is 12.1. The number of halogens is 1. The van der Waals surface area contributed by atoms with Crippen molar-refractivity contribution in [1.29, 1.82) is 0 Å². The number of benzene rings is 1. The second kappa shape index (κ2) is 6.12. The van der Waals surface area contributed by atoms with Gasteiger partial charge in [-0.1, -0.05) is 22.8 Å². The molecule has 0 radical (unpaired) electrons. The first kappa shape index (κ1) is 16.0. The van der Waals surface area contributed by atoms with Crippen LogP contribution in [0.15, 0.2) is 28.8 Å².